The van der Waals surface area contributed by atoms with Crippen molar-refractivity contribution in [3.05, 3.63) is 0 Å². The number of nitrogens with one attached hydrogen (secondary N) is 2. The largest absolute Gasteiger partial charge is 0.455 e. The van der Waals surface area contributed by atoms with Crippen molar-refractivity contribution >= 4 is 40.1 Å². The summed E-state index contributed by atoms with van der Waals surface area (Å²) in [6, 6.07) is 2.64. The third-order valence-electron chi connectivity index (χ3n) is 5.07. The van der Waals surface area contributed by atoms with Crippen LogP contribution in [-0.4, -0.2) is 46.0 Å². The fourth-order valence-corrected chi connectivity index (χ4v) is 5.23. The maximum absolute atomic E-state index is 12.0. The summed E-state index contributed by atoms with van der Waals surface area (Å²) in [4.78, 5) is 23.8. The van der Waals surface area contributed by atoms with Crippen LogP contribution in [0.15, 0.2) is 4.34 Å². The van der Waals surface area contributed by atoms with Gasteiger partial charge in [0.25, 0.3) is 5.91 Å². The molecule has 152 valence electrons. The third-order valence-corrected chi connectivity index (χ3v) is 7.03. The minimum absolute atomic E-state index is 0.0642. The Morgan fingerprint density at radius 3 is 2.68 bits per heavy atom. The molecule has 1 aromatic rings. The van der Waals surface area contributed by atoms with Gasteiger partial charge in [0.1, 0.15) is 5.54 Å². The van der Waals surface area contributed by atoms with Crippen molar-refractivity contribution in [2.24, 2.45) is 0 Å². The molecule has 2 aliphatic rings. The van der Waals surface area contributed by atoms with E-state index < -0.39 is 17.4 Å². The summed E-state index contributed by atoms with van der Waals surface area (Å²) >= 11 is 2.67. The summed E-state index contributed by atoms with van der Waals surface area (Å²) in [5.74, 6) is -0.861. The molecule has 0 saturated heterocycles. The number of thioether (sulfide) groups is 1. The summed E-state index contributed by atoms with van der Waals surface area (Å²) in [7, 11) is 0. The van der Waals surface area contributed by atoms with E-state index in [2.05, 4.69) is 26.9 Å². The van der Waals surface area contributed by atoms with Crippen LogP contribution >= 0.6 is 23.1 Å². The number of ether oxygens (including phenoxy) is 1. The molecule has 0 unspecified atom stereocenters. The Morgan fingerprint density at radius 1 is 1.21 bits per heavy atom. The van der Waals surface area contributed by atoms with Crippen LogP contribution < -0.4 is 10.6 Å². The van der Waals surface area contributed by atoms with Gasteiger partial charge in [-0.05, 0) is 38.5 Å². The average molecular weight is 424 g/mol. The monoisotopic (exact) mass is 423 g/mol. The molecule has 0 radical (unpaired) electrons. The molecule has 0 atom stereocenters. The number of amides is 1. The van der Waals surface area contributed by atoms with Crippen molar-refractivity contribution in [1.29, 1.82) is 5.26 Å². The highest BCUT2D eigenvalue weighted by atomic mass is 32.2. The second kappa shape index (κ2) is 10.1. The fraction of sp³-hybridized carbons (Fsp3) is 0.722. The first-order chi connectivity index (χ1) is 13.6. The minimum atomic E-state index is -0.799. The van der Waals surface area contributed by atoms with Crippen molar-refractivity contribution in [2.75, 3.05) is 17.7 Å². The summed E-state index contributed by atoms with van der Waals surface area (Å²) in [6.45, 7) is -0.368. The van der Waals surface area contributed by atoms with Gasteiger partial charge in [-0.1, -0.05) is 42.4 Å². The van der Waals surface area contributed by atoms with Gasteiger partial charge in [-0.3, -0.25) is 9.59 Å². The van der Waals surface area contributed by atoms with E-state index in [0.717, 1.165) is 30.8 Å². The number of hydrogen-bond acceptors (Lipinski definition) is 9. The van der Waals surface area contributed by atoms with Crippen LogP contribution in [-0.2, 0) is 14.3 Å². The zero-order valence-electron chi connectivity index (χ0n) is 15.7. The molecule has 0 spiro atoms. The molecule has 2 fully saturated rings. The van der Waals surface area contributed by atoms with Gasteiger partial charge in [0.15, 0.2) is 10.9 Å². The van der Waals surface area contributed by atoms with Gasteiger partial charge >= 0.3 is 5.97 Å². The molecule has 1 aromatic heterocycles. The highest BCUT2D eigenvalue weighted by Gasteiger charge is 2.35. The second-order valence-corrected chi connectivity index (χ2v) is 9.45. The molecule has 8 nitrogen and oxygen atoms in total. The van der Waals surface area contributed by atoms with Crippen molar-refractivity contribution in [2.45, 2.75) is 73.7 Å². The fourth-order valence-electron chi connectivity index (χ4n) is 3.60. The van der Waals surface area contributed by atoms with Gasteiger partial charge in [-0.25, -0.2) is 0 Å². The Hall–Kier alpha value is -1.86. The molecular formula is C18H25N5O3S2. The van der Waals surface area contributed by atoms with Crippen LogP contribution in [0, 0.1) is 11.3 Å². The van der Waals surface area contributed by atoms with Crippen LogP contribution in [0.4, 0.5) is 5.13 Å². The molecule has 2 aliphatic carbocycles. The Balaban J connectivity index is 1.35. The van der Waals surface area contributed by atoms with Crippen LogP contribution in [0.1, 0.15) is 57.8 Å². The molecule has 1 amide bonds. The van der Waals surface area contributed by atoms with E-state index >= 15 is 0 Å². The van der Waals surface area contributed by atoms with Gasteiger partial charge < -0.3 is 15.4 Å². The van der Waals surface area contributed by atoms with E-state index in [4.69, 9.17) is 4.74 Å². The maximum Gasteiger partial charge on any atom is 0.316 e. The first-order valence-corrected chi connectivity index (χ1v) is 11.5. The average Bonchev–Trinajstić information content (AvgIpc) is 3.35. The highest BCUT2D eigenvalue weighted by molar-refractivity contribution is 8.01. The van der Waals surface area contributed by atoms with Gasteiger partial charge in [0.2, 0.25) is 5.13 Å². The lowest BCUT2D eigenvalue weighted by Gasteiger charge is -2.21. The van der Waals surface area contributed by atoms with Gasteiger partial charge in [-0.2, -0.15) is 5.26 Å². The lowest BCUT2D eigenvalue weighted by Crippen LogP contribution is -2.46. The Morgan fingerprint density at radius 2 is 1.96 bits per heavy atom. The maximum atomic E-state index is 12.0. The summed E-state index contributed by atoms with van der Waals surface area (Å²) in [5, 5.41) is 24.4. The zero-order valence-corrected chi connectivity index (χ0v) is 17.4. The molecule has 1 heterocycles. The van der Waals surface area contributed by atoms with Crippen LogP contribution in [0.25, 0.3) is 0 Å². The lowest BCUT2D eigenvalue weighted by atomic mass is 9.96. The normalized spacial score (nSPS) is 19.0. The Labute approximate surface area is 172 Å². The van der Waals surface area contributed by atoms with Crippen LogP contribution in [0.5, 0.6) is 0 Å². The summed E-state index contributed by atoms with van der Waals surface area (Å²) in [6.07, 6.45) is 9.23. The molecule has 0 aromatic carbocycles. The quantitative estimate of drug-likeness (QED) is 0.484. The van der Waals surface area contributed by atoms with Crippen molar-refractivity contribution in [3.8, 4) is 6.07 Å². The number of rotatable bonds is 8. The number of esters is 1. The topological polar surface area (TPSA) is 117 Å². The number of anilines is 1. The third kappa shape index (κ3) is 6.07. The molecule has 28 heavy (non-hydrogen) atoms. The van der Waals surface area contributed by atoms with Gasteiger partial charge in [0, 0.05) is 6.04 Å². The predicted octanol–water partition coefficient (Wildman–Crippen LogP) is 2.87. The molecule has 0 aliphatic heterocycles. The first-order valence-electron chi connectivity index (χ1n) is 9.69. The van der Waals surface area contributed by atoms with Crippen molar-refractivity contribution < 1.29 is 14.3 Å². The number of carbonyl (C=O) groups excluding carboxylic acids is 2. The molecule has 2 N–H and O–H groups in total. The zero-order chi connectivity index (χ0) is 19.8. The number of hydrogen-bond donors (Lipinski definition) is 2. The van der Waals surface area contributed by atoms with Crippen LogP contribution in [0.3, 0.4) is 0 Å². The number of carbonyl (C=O) groups is 2. The molecule has 3 rings (SSSR count). The van der Waals surface area contributed by atoms with E-state index in [1.54, 1.807) is 0 Å². The molecule has 0 bridgehead atoms. The minimum Gasteiger partial charge on any atom is -0.455 e. The molecule has 2 saturated carbocycles. The smallest absolute Gasteiger partial charge is 0.316 e. The first kappa shape index (κ1) is 20.9. The summed E-state index contributed by atoms with van der Waals surface area (Å²) < 4.78 is 5.70. The van der Waals surface area contributed by atoms with E-state index in [1.165, 1.54) is 42.4 Å². The number of nitrogens with zero attached hydrogens (tertiary/aromatic N) is 3. The van der Waals surface area contributed by atoms with E-state index in [0.29, 0.717) is 23.2 Å². The predicted molar refractivity (Wildman–Crippen MR) is 107 cm³/mol. The Bertz CT molecular complexity index is 721. The van der Waals surface area contributed by atoms with Gasteiger partial charge in [0.05, 0.1) is 11.8 Å². The second-order valence-electron chi connectivity index (χ2n) is 7.25. The molecular weight excluding hydrogens is 398 g/mol. The summed E-state index contributed by atoms with van der Waals surface area (Å²) in [5.41, 5.74) is -0.799. The highest BCUT2D eigenvalue weighted by Crippen LogP contribution is 2.29. The number of aromatic nitrogens is 2. The standard InChI is InChI=1S/C18H25N5O3S2/c19-12-18(8-4-5-9-18)21-14(24)10-26-15(25)11-27-17-23-22-16(28-17)20-13-6-2-1-3-7-13/h13H,1-11H2,(H,20,22)(H,21,24). The van der Waals surface area contributed by atoms with Gasteiger partial charge in [-0.15, -0.1) is 10.2 Å². The SMILES string of the molecule is N#CC1(NC(=O)COC(=O)CSc2nnc(NC3CCCCC3)s2)CCCC1. The van der Waals surface area contributed by atoms with Crippen molar-refractivity contribution in [3.63, 3.8) is 0 Å². The van der Waals surface area contributed by atoms with Crippen LogP contribution in [0.2, 0.25) is 0 Å². The Kier molecular flexibility index (Phi) is 7.50. The van der Waals surface area contributed by atoms with E-state index in [9.17, 15) is 14.9 Å². The lowest BCUT2D eigenvalue weighted by molar-refractivity contribution is -0.146. The van der Waals surface area contributed by atoms with E-state index in [-0.39, 0.29) is 12.4 Å². The van der Waals surface area contributed by atoms with E-state index in [1.807, 2.05) is 0 Å². The number of nitriles is 1. The van der Waals surface area contributed by atoms with Crippen molar-refractivity contribution in [1.82, 2.24) is 15.5 Å². The molecule has 10 heteroatoms.